The number of nitrogens with two attached hydrogens (primary N) is 1. The van der Waals surface area contributed by atoms with Gasteiger partial charge in [-0.2, -0.15) is 0 Å². The van der Waals surface area contributed by atoms with Gasteiger partial charge < -0.3 is 15.5 Å². The number of carbonyl (C=O) groups is 1. The Hall–Kier alpha value is -1.50. The van der Waals surface area contributed by atoms with Gasteiger partial charge >= 0.3 is 0 Å². The highest BCUT2D eigenvalue weighted by atomic mass is 35.5. The Bertz CT molecular complexity index is 624. The molecule has 5 nitrogen and oxygen atoms in total. The third kappa shape index (κ3) is 4.73. The van der Waals surface area contributed by atoms with Crippen molar-refractivity contribution in [3.8, 4) is 0 Å². The van der Waals surface area contributed by atoms with Crippen LogP contribution >= 0.6 is 36.2 Å². The second kappa shape index (κ2) is 8.96. The second-order valence-corrected chi connectivity index (χ2v) is 5.95. The summed E-state index contributed by atoms with van der Waals surface area (Å²) >= 11 is 1.64. The molecule has 126 valence electrons. The monoisotopic (exact) mass is 374 g/mol. The van der Waals surface area contributed by atoms with Crippen LogP contribution in [0.4, 0.5) is 10.8 Å². The number of nitrogens with zero attached hydrogens (tertiary/aromatic N) is 3. The number of rotatable bonds is 2. The van der Waals surface area contributed by atoms with Gasteiger partial charge in [-0.05, 0) is 24.6 Å². The number of carbonyl (C=O) groups excluding carboxylic acids is 1. The van der Waals surface area contributed by atoms with E-state index in [0.29, 0.717) is 17.8 Å². The molecule has 1 aromatic heterocycles. The van der Waals surface area contributed by atoms with Crippen molar-refractivity contribution in [3.05, 3.63) is 41.4 Å². The van der Waals surface area contributed by atoms with E-state index in [0.717, 1.165) is 31.2 Å². The van der Waals surface area contributed by atoms with Crippen LogP contribution in [-0.2, 0) is 0 Å². The van der Waals surface area contributed by atoms with Gasteiger partial charge in [0.2, 0.25) is 0 Å². The molecule has 3 rings (SSSR count). The minimum atomic E-state index is 0. The van der Waals surface area contributed by atoms with Gasteiger partial charge in [-0.1, -0.05) is 6.07 Å². The smallest absolute Gasteiger partial charge is 0.253 e. The van der Waals surface area contributed by atoms with E-state index in [1.54, 1.807) is 23.5 Å². The summed E-state index contributed by atoms with van der Waals surface area (Å²) in [6.45, 7) is 3.25. The van der Waals surface area contributed by atoms with E-state index in [-0.39, 0.29) is 30.7 Å². The van der Waals surface area contributed by atoms with Crippen molar-refractivity contribution in [1.82, 2.24) is 9.88 Å². The van der Waals surface area contributed by atoms with Crippen molar-refractivity contribution in [2.24, 2.45) is 0 Å². The Morgan fingerprint density at radius 2 is 2.00 bits per heavy atom. The normalized spacial score (nSPS) is 14.4. The van der Waals surface area contributed by atoms with Crippen LogP contribution in [-0.4, -0.2) is 42.0 Å². The molecule has 1 aromatic carbocycles. The molecule has 23 heavy (non-hydrogen) atoms. The maximum absolute atomic E-state index is 12.5. The van der Waals surface area contributed by atoms with Gasteiger partial charge in [0.1, 0.15) is 0 Å². The molecule has 0 unspecified atom stereocenters. The average Bonchev–Trinajstić information content (AvgIpc) is 2.91. The summed E-state index contributed by atoms with van der Waals surface area (Å²) in [6.07, 6.45) is 2.77. The first-order valence-electron chi connectivity index (χ1n) is 7.03. The SMILES string of the molecule is Cl.Cl.Nc1cccc(C(=O)N2CCCN(c3nccs3)CC2)c1. The molecule has 0 spiro atoms. The second-order valence-electron chi connectivity index (χ2n) is 5.07. The molecule has 0 bridgehead atoms. The largest absolute Gasteiger partial charge is 0.399 e. The van der Waals surface area contributed by atoms with E-state index < -0.39 is 0 Å². The van der Waals surface area contributed by atoms with Crippen LogP contribution in [0.5, 0.6) is 0 Å². The minimum absolute atomic E-state index is 0. The van der Waals surface area contributed by atoms with Crippen LogP contribution in [0, 0.1) is 0 Å². The van der Waals surface area contributed by atoms with Crippen LogP contribution in [0.1, 0.15) is 16.8 Å². The molecule has 8 heteroatoms. The van der Waals surface area contributed by atoms with Crippen LogP contribution in [0.2, 0.25) is 0 Å². The first-order chi connectivity index (χ1) is 10.2. The Morgan fingerprint density at radius 1 is 1.17 bits per heavy atom. The maximum atomic E-state index is 12.5. The number of hydrogen-bond donors (Lipinski definition) is 1. The third-order valence-electron chi connectivity index (χ3n) is 3.61. The number of halogens is 2. The molecule has 1 aliphatic heterocycles. The van der Waals surface area contributed by atoms with Gasteiger partial charge in [0, 0.05) is 49.0 Å². The first-order valence-corrected chi connectivity index (χ1v) is 7.91. The highest BCUT2D eigenvalue weighted by molar-refractivity contribution is 7.13. The number of benzene rings is 1. The lowest BCUT2D eigenvalue weighted by atomic mass is 10.1. The predicted molar refractivity (Wildman–Crippen MR) is 100 cm³/mol. The zero-order valence-electron chi connectivity index (χ0n) is 12.6. The van der Waals surface area contributed by atoms with E-state index in [9.17, 15) is 4.79 Å². The Balaban J connectivity index is 0.00000132. The molecule has 0 aliphatic carbocycles. The van der Waals surface area contributed by atoms with Crippen molar-refractivity contribution in [3.63, 3.8) is 0 Å². The molecule has 1 saturated heterocycles. The summed E-state index contributed by atoms with van der Waals surface area (Å²) in [5.41, 5.74) is 7.05. The fourth-order valence-electron chi connectivity index (χ4n) is 2.54. The van der Waals surface area contributed by atoms with Gasteiger partial charge in [0.25, 0.3) is 5.91 Å². The molecule has 0 radical (unpaired) electrons. The van der Waals surface area contributed by atoms with Crippen LogP contribution in [0.25, 0.3) is 0 Å². The van der Waals surface area contributed by atoms with Gasteiger partial charge in [-0.3, -0.25) is 4.79 Å². The fourth-order valence-corrected chi connectivity index (χ4v) is 3.23. The molecular weight excluding hydrogens is 355 g/mol. The number of anilines is 2. The highest BCUT2D eigenvalue weighted by Gasteiger charge is 2.21. The van der Waals surface area contributed by atoms with Crippen LogP contribution < -0.4 is 10.6 Å². The van der Waals surface area contributed by atoms with Crippen LogP contribution in [0.3, 0.4) is 0 Å². The number of amides is 1. The molecule has 2 heterocycles. The lowest BCUT2D eigenvalue weighted by Gasteiger charge is -2.21. The van der Waals surface area contributed by atoms with Gasteiger partial charge in [0.05, 0.1) is 0 Å². The molecule has 2 N–H and O–H groups in total. The summed E-state index contributed by atoms with van der Waals surface area (Å²) in [5.74, 6) is 0.0586. The molecule has 1 amide bonds. The van der Waals surface area contributed by atoms with E-state index in [4.69, 9.17) is 5.73 Å². The van der Waals surface area contributed by atoms with E-state index >= 15 is 0 Å². The lowest BCUT2D eigenvalue weighted by molar-refractivity contribution is 0.0767. The molecular formula is C15H20Cl2N4OS. The van der Waals surface area contributed by atoms with Gasteiger partial charge in [-0.15, -0.1) is 36.2 Å². The topological polar surface area (TPSA) is 62.5 Å². The Labute approximate surface area is 152 Å². The van der Waals surface area contributed by atoms with Crippen molar-refractivity contribution in [2.45, 2.75) is 6.42 Å². The lowest BCUT2D eigenvalue weighted by Crippen LogP contribution is -2.35. The molecule has 0 saturated carbocycles. The summed E-state index contributed by atoms with van der Waals surface area (Å²) in [7, 11) is 0. The third-order valence-corrected chi connectivity index (χ3v) is 4.44. The van der Waals surface area contributed by atoms with Crippen molar-refractivity contribution < 1.29 is 4.79 Å². The van der Waals surface area contributed by atoms with Crippen molar-refractivity contribution in [2.75, 3.05) is 36.8 Å². The Kier molecular flexibility index (Phi) is 7.61. The summed E-state index contributed by atoms with van der Waals surface area (Å²) in [4.78, 5) is 21.0. The number of aromatic nitrogens is 1. The Morgan fingerprint density at radius 3 is 2.70 bits per heavy atom. The van der Waals surface area contributed by atoms with Crippen LogP contribution in [0.15, 0.2) is 35.8 Å². The average molecular weight is 375 g/mol. The minimum Gasteiger partial charge on any atom is -0.399 e. The van der Waals surface area contributed by atoms with E-state index in [1.807, 2.05) is 28.6 Å². The quantitative estimate of drug-likeness (QED) is 0.820. The summed E-state index contributed by atoms with van der Waals surface area (Å²) in [5, 5.41) is 3.02. The van der Waals surface area contributed by atoms with Gasteiger partial charge in [-0.25, -0.2) is 4.98 Å². The van der Waals surface area contributed by atoms with Gasteiger partial charge in [0.15, 0.2) is 5.13 Å². The number of nitrogen functional groups attached to an aromatic ring is 1. The molecule has 0 atom stereocenters. The van der Waals surface area contributed by atoms with Crippen molar-refractivity contribution in [1.29, 1.82) is 0 Å². The zero-order valence-corrected chi connectivity index (χ0v) is 15.0. The molecule has 1 aliphatic rings. The maximum Gasteiger partial charge on any atom is 0.253 e. The highest BCUT2D eigenvalue weighted by Crippen LogP contribution is 2.20. The fraction of sp³-hybridized carbons (Fsp3) is 0.333. The summed E-state index contributed by atoms with van der Waals surface area (Å²) in [6, 6.07) is 7.18. The predicted octanol–water partition coefficient (Wildman–Crippen LogP) is 2.92. The number of thiazole rings is 1. The first kappa shape index (κ1) is 19.5. The zero-order chi connectivity index (χ0) is 14.7. The number of hydrogen-bond acceptors (Lipinski definition) is 5. The van der Waals surface area contributed by atoms with Crippen molar-refractivity contribution >= 4 is 52.9 Å². The van der Waals surface area contributed by atoms with E-state index in [1.165, 1.54) is 0 Å². The standard InChI is InChI=1S/C15H18N4OS.2ClH/c16-13-4-1-3-12(11-13)14(20)18-6-2-7-19(9-8-18)15-17-5-10-21-15;;/h1,3-5,10-11H,2,6-9,16H2;2*1H. The van der Waals surface area contributed by atoms with E-state index in [2.05, 4.69) is 9.88 Å². The molecule has 1 fully saturated rings. The molecule has 2 aromatic rings. The summed E-state index contributed by atoms with van der Waals surface area (Å²) < 4.78 is 0.